The number of rotatable bonds is 7. The zero-order chi connectivity index (χ0) is 19.7. The monoisotopic (exact) mass is 386 g/mol. The van der Waals surface area contributed by atoms with E-state index in [2.05, 4.69) is 10.6 Å². The van der Waals surface area contributed by atoms with Crippen LogP contribution >= 0.6 is 0 Å². The molecule has 0 heterocycles. The molecule has 4 fully saturated rings. The van der Waals surface area contributed by atoms with Crippen molar-refractivity contribution in [3.8, 4) is 11.5 Å². The summed E-state index contributed by atoms with van der Waals surface area (Å²) in [5.74, 6) is 3.44. The maximum Gasteiger partial charge on any atom is 0.226 e. The second kappa shape index (κ2) is 7.64. The molecule has 1 aromatic rings. The lowest BCUT2D eigenvalue weighted by molar-refractivity contribution is -0.146. The molecule has 4 saturated carbocycles. The van der Waals surface area contributed by atoms with Crippen LogP contribution in [0.15, 0.2) is 18.2 Å². The Hall–Kier alpha value is -2.24. The molecule has 0 saturated heterocycles. The first kappa shape index (κ1) is 19.1. The van der Waals surface area contributed by atoms with Gasteiger partial charge in [-0.1, -0.05) is 0 Å². The molecule has 4 bridgehead atoms. The predicted octanol–water partition coefficient (Wildman–Crippen LogP) is 3.37. The molecule has 4 aliphatic carbocycles. The van der Waals surface area contributed by atoms with Crippen LogP contribution in [0.4, 0.5) is 5.69 Å². The highest BCUT2D eigenvalue weighted by Crippen LogP contribution is 2.60. The van der Waals surface area contributed by atoms with Crippen molar-refractivity contribution in [2.75, 3.05) is 26.1 Å². The van der Waals surface area contributed by atoms with Crippen molar-refractivity contribution >= 4 is 17.5 Å². The average molecular weight is 386 g/mol. The van der Waals surface area contributed by atoms with Crippen molar-refractivity contribution < 1.29 is 19.1 Å². The molecule has 0 aliphatic heterocycles. The summed E-state index contributed by atoms with van der Waals surface area (Å²) in [4.78, 5) is 25.3. The highest BCUT2D eigenvalue weighted by molar-refractivity contribution is 5.93. The van der Waals surface area contributed by atoms with Gasteiger partial charge in [0.2, 0.25) is 11.8 Å². The molecule has 2 N–H and O–H groups in total. The number of methoxy groups -OCH3 is 2. The van der Waals surface area contributed by atoms with E-state index < -0.39 is 0 Å². The summed E-state index contributed by atoms with van der Waals surface area (Å²) in [5, 5.41) is 5.90. The van der Waals surface area contributed by atoms with Crippen molar-refractivity contribution in [3.05, 3.63) is 18.2 Å². The highest BCUT2D eigenvalue weighted by Gasteiger charge is 2.54. The Balaban J connectivity index is 1.30. The van der Waals surface area contributed by atoms with Gasteiger partial charge < -0.3 is 20.1 Å². The first-order valence-electron chi connectivity index (χ1n) is 10.3. The van der Waals surface area contributed by atoms with E-state index in [9.17, 15) is 9.59 Å². The molecule has 0 atom stereocenters. The van der Waals surface area contributed by atoms with Crippen molar-refractivity contribution in [3.63, 3.8) is 0 Å². The smallest absolute Gasteiger partial charge is 0.226 e. The number of anilines is 1. The summed E-state index contributed by atoms with van der Waals surface area (Å²) in [6.45, 7) is 0.360. The van der Waals surface area contributed by atoms with Crippen molar-refractivity contribution in [2.45, 2.75) is 44.9 Å². The third-order valence-electron chi connectivity index (χ3n) is 6.84. The number of amides is 2. The van der Waals surface area contributed by atoms with Gasteiger partial charge in [-0.3, -0.25) is 9.59 Å². The van der Waals surface area contributed by atoms with Crippen LogP contribution in [0.2, 0.25) is 0 Å². The van der Waals surface area contributed by atoms with Crippen molar-refractivity contribution in [1.29, 1.82) is 0 Å². The molecule has 6 heteroatoms. The van der Waals surface area contributed by atoms with Gasteiger partial charge >= 0.3 is 0 Å². The third-order valence-corrected chi connectivity index (χ3v) is 6.84. The SMILES string of the molecule is COc1ccc(OC)c(NC(=O)CCNC(=O)C23CC4CC(CC(C4)C2)C3)c1. The molecule has 152 valence electrons. The fourth-order valence-corrected chi connectivity index (χ4v) is 5.99. The Bertz CT molecular complexity index is 726. The molecular formula is C22H30N2O4. The Morgan fingerprint density at radius 2 is 1.68 bits per heavy atom. The average Bonchev–Trinajstić information content (AvgIpc) is 2.66. The van der Waals surface area contributed by atoms with E-state index in [4.69, 9.17) is 9.47 Å². The molecule has 5 rings (SSSR count). The van der Waals surface area contributed by atoms with Gasteiger partial charge in [0.1, 0.15) is 11.5 Å². The number of carbonyl (C=O) groups is 2. The molecule has 4 aliphatic rings. The molecule has 0 aromatic heterocycles. The number of hydrogen-bond donors (Lipinski definition) is 2. The summed E-state index contributed by atoms with van der Waals surface area (Å²) in [7, 11) is 3.14. The molecule has 0 unspecified atom stereocenters. The van der Waals surface area contributed by atoms with Gasteiger partial charge in [-0.25, -0.2) is 0 Å². The van der Waals surface area contributed by atoms with E-state index in [1.54, 1.807) is 32.4 Å². The zero-order valence-electron chi connectivity index (χ0n) is 16.8. The summed E-state index contributed by atoms with van der Waals surface area (Å²) in [6, 6.07) is 5.26. The zero-order valence-corrected chi connectivity index (χ0v) is 16.8. The summed E-state index contributed by atoms with van der Waals surface area (Å²) >= 11 is 0. The predicted molar refractivity (Wildman–Crippen MR) is 106 cm³/mol. The number of benzene rings is 1. The van der Waals surface area contributed by atoms with E-state index >= 15 is 0 Å². The normalized spacial score (nSPS) is 30.0. The van der Waals surface area contributed by atoms with Gasteiger partial charge in [0.05, 0.1) is 19.9 Å². The molecule has 0 radical (unpaired) electrons. The lowest BCUT2D eigenvalue weighted by Gasteiger charge is -2.55. The van der Waals surface area contributed by atoms with Gasteiger partial charge in [0.15, 0.2) is 0 Å². The van der Waals surface area contributed by atoms with E-state index in [0.717, 1.165) is 37.0 Å². The summed E-state index contributed by atoms with van der Waals surface area (Å²) in [5.41, 5.74) is 0.403. The Kier molecular flexibility index (Phi) is 5.21. The summed E-state index contributed by atoms with van der Waals surface area (Å²) in [6.07, 6.45) is 7.30. The standard InChI is InChI=1S/C22H30N2O4/c1-27-17-3-4-19(28-2)18(10-17)24-20(25)5-6-23-21(26)22-11-14-7-15(12-22)9-16(8-14)13-22/h3-4,10,14-16H,5-9,11-13H2,1-2H3,(H,23,26)(H,24,25). The second-order valence-corrected chi connectivity index (χ2v) is 8.82. The Morgan fingerprint density at radius 3 is 2.25 bits per heavy atom. The molecule has 28 heavy (non-hydrogen) atoms. The van der Waals surface area contributed by atoms with Crippen LogP contribution in [0, 0.1) is 23.2 Å². The summed E-state index contributed by atoms with van der Waals surface area (Å²) < 4.78 is 10.5. The van der Waals surface area contributed by atoms with E-state index in [0.29, 0.717) is 23.7 Å². The van der Waals surface area contributed by atoms with Crippen LogP contribution in [0.25, 0.3) is 0 Å². The van der Waals surface area contributed by atoms with Gasteiger partial charge in [-0.2, -0.15) is 0 Å². The number of hydrogen-bond acceptors (Lipinski definition) is 4. The Labute approximate surface area is 166 Å². The maximum absolute atomic E-state index is 12.9. The topological polar surface area (TPSA) is 76.7 Å². The van der Waals surface area contributed by atoms with Crippen LogP contribution in [0.1, 0.15) is 44.9 Å². The van der Waals surface area contributed by atoms with Gasteiger partial charge in [0.25, 0.3) is 0 Å². The fraction of sp³-hybridized carbons (Fsp3) is 0.636. The number of nitrogens with one attached hydrogen (secondary N) is 2. The molecule has 0 spiro atoms. The highest BCUT2D eigenvalue weighted by atomic mass is 16.5. The largest absolute Gasteiger partial charge is 0.497 e. The van der Waals surface area contributed by atoms with Crippen molar-refractivity contribution in [1.82, 2.24) is 5.32 Å². The van der Waals surface area contributed by atoms with Gasteiger partial charge in [-0.15, -0.1) is 0 Å². The van der Waals surface area contributed by atoms with Crippen LogP contribution < -0.4 is 20.1 Å². The first-order valence-corrected chi connectivity index (χ1v) is 10.3. The number of carbonyl (C=O) groups excluding carboxylic acids is 2. The Morgan fingerprint density at radius 1 is 1.04 bits per heavy atom. The molecular weight excluding hydrogens is 356 g/mol. The van der Waals surface area contributed by atoms with Crippen molar-refractivity contribution in [2.24, 2.45) is 23.2 Å². The fourth-order valence-electron chi connectivity index (χ4n) is 5.99. The maximum atomic E-state index is 12.9. The van der Waals surface area contributed by atoms with Gasteiger partial charge in [-0.05, 0) is 68.4 Å². The lowest BCUT2D eigenvalue weighted by atomic mass is 9.49. The van der Waals surface area contributed by atoms with Gasteiger partial charge in [0, 0.05) is 24.4 Å². The van der Waals surface area contributed by atoms with E-state index in [-0.39, 0.29) is 23.7 Å². The quantitative estimate of drug-likeness (QED) is 0.753. The second-order valence-electron chi connectivity index (χ2n) is 8.82. The van der Waals surface area contributed by atoms with Crippen LogP contribution in [0.3, 0.4) is 0 Å². The van der Waals surface area contributed by atoms with Crippen LogP contribution in [0.5, 0.6) is 11.5 Å². The third kappa shape index (κ3) is 3.69. The minimum atomic E-state index is -0.165. The van der Waals surface area contributed by atoms with Crippen LogP contribution in [-0.4, -0.2) is 32.6 Å². The molecule has 6 nitrogen and oxygen atoms in total. The minimum absolute atomic E-state index is 0.155. The van der Waals surface area contributed by atoms with E-state index in [1.807, 2.05) is 0 Å². The number of ether oxygens (including phenoxy) is 2. The lowest BCUT2D eigenvalue weighted by Crippen LogP contribution is -2.53. The van der Waals surface area contributed by atoms with Crippen LogP contribution in [-0.2, 0) is 9.59 Å². The van der Waals surface area contributed by atoms with E-state index in [1.165, 1.54) is 19.3 Å². The first-order chi connectivity index (χ1) is 13.5. The molecule has 1 aromatic carbocycles. The molecule has 2 amide bonds. The minimum Gasteiger partial charge on any atom is -0.497 e.